The number of hydrogen-bond donors (Lipinski definition) is 4. The molecular weight excluding hydrogens is 588 g/mol. The second-order valence-corrected chi connectivity index (χ2v) is 12.2. The number of amides is 2. The number of likely N-dealkylation sites (tertiary alicyclic amines) is 1. The average molecular weight is 629 g/mol. The number of nitrogens with zero attached hydrogens (tertiary/aromatic N) is 2. The largest absolute Gasteiger partial charge is 0.481 e. The van der Waals surface area contributed by atoms with Crippen LogP contribution >= 0.6 is 0 Å². The minimum Gasteiger partial charge on any atom is -0.481 e. The van der Waals surface area contributed by atoms with Gasteiger partial charge < -0.3 is 40.1 Å². The summed E-state index contributed by atoms with van der Waals surface area (Å²) in [6, 6.07) is 25.0. The van der Waals surface area contributed by atoms with Crippen LogP contribution in [0.4, 0.5) is 11.4 Å². The second kappa shape index (κ2) is 14.0. The lowest BCUT2D eigenvalue weighted by molar-refractivity contribution is -0.253. The van der Waals surface area contributed by atoms with E-state index >= 15 is 0 Å². The lowest BCUT2D eigenvalue weighted by atomic mass is 9.85. The van der Waals surface area contributed by atoms with Gasteiger partial charge >= 0.3 is 5.97 Å². The maximum absolute atomic E-state index is 13.1. The molecule has 3 heterocycles. The monoisotopic (exact) mass is 628 g/mol. The van der Waals surface area contributed by atoms with E-state index in [1.165, 1.54) is 0 Å². The highest BCUT2D eigenvalue weighted by Crippen LogP contribution is 2.40. The smallest absolute Gasteiger partial charge is 0.303 e. The molecule has 3 aliphatic heterocycles. The first kappa shape index (κ1) is 31.7. The zero-order chi connectivity index (χ0) is 32.1. The highest BCUT2D eigenvalue weighted by Gasteiger charge is 2.50. The van der Waals surface area contributed by atoms with E-state index in [1.54, 1.807) is 12.1 Å². The van der Waals surface area contributed by atoms with Crippen molar-refractivity contribution >= 4 is 29.2 Å². The van der Waals surface area contributed by atoms with E-state index in [4.69, 9.17) is 14.6 Å². The Morgan fingerprint density at radius 2 is 1.61 bits per heavy atom. The van der Waals surface area contributed by atoms with E-state index in [9.17, 15) is 19.5 Å². The Hall–Kier alpha value is -4.29. The zero-order valence-corrected chi connectivity index (χ0v) is 25.6. The SMILES string of the molecule is O=C(O)CCC(=O)Nc1ccc([C@H]2O[C@@H](CN3CCC4(CC3)C(=O)NCN4c3ccccc3)C[C@@H](c3ccc(CO)cc3)O2)cc1. The molecule has 0 radical (unpaired) electrons. The van der Waals surface area contributed by atoms with Gasteiger partial charge in [-0.05, 0) is 48.2 Å². The van der Waals surface area contributed by atoms with Gasteiger partial charge in [0.1, 0.15) is 5.54 Å². The van der Waals surface area contributed by atoms with Crippen LogP contribution in [-0.2, 0) is 30.5 Å². The summed E-state index contributed by atoms with van der Waals surface area (Å²) < 4.78 is 13.0. The average Bonchev–Trinajstić information content (AvgIpc) is 3.40. The van der Waals surface area contributed by atoms with Gasteiger partial charge in [-0.2, -0.15) is 0 Å². The Morgan fingerprint density at radius 1 is 0.913 bits per heavy atom. The van der Waals surface area contributed by atoms with Crippen molar-refractivity contribution in [2.75, 3.05) is 36.5 Å². The van der Waals surface area contributed by atoms with E-state index in [-0.39, 0.29) is 43.5 Å². The number of ether oxygens (including phenoxy) is 2. The normalized spacial score (nSPS) is 22.8. The van der Waals surface area contributed by atoms with Crippen LogP contribution < -0.4 is 15.5 Å². The summed E-state index contributed by atoms with van der Waals surface area (Å²) in [6.07, 6.45) is 0.709. The minimum absolute atomic E-state index is 0.0322. The Kier molecular flexibility index (Phi) is 9.64. The third kappa shape index (κ3) is 7.07. The Bertz CT molecular complexity index is 1510. The van der Waals surface area contributed by atoms with E-state index in [0.29, 0.717) is 38.2 Å². The van der Waals surface area contributed by atoms with Gasteiger partial charge in [0.25, 0.3) is 0 Å². The van der Waals surface area contributed by atoms with Crippen molar-refractivity contribution in [2.45, 2.75) is 62.7 Å². The number of para-hydroxylation sites is 1. The molecule has 242 valence electrons. The summed E-state index contributed by atoms with van der Waals surface area (Å²) in [4.78, 5) is 40.6. The number of aliphatic hydroxyl groups excluding tert-OH is 1. The van der Waals surface area contributed by atoms with Crippen LogP contribution in [0.2, 0.25) is 0 Å². The number of carbonyl (C=O) groups excluding carboxylic acids is 2. The van der Waals surface area contributed by atoms with Gasteiger partial charge in [0, 0.05) is 49.4 Å². The molecule has 6 rings (SSSR count). The number of aliphatic hydroxyl groups is 1. The summed E-state index contributed by atoms with van der Waals surface area (Å²) >= 11 is 0. The predicted molar refractivity (Wildman–Crippen MR) is 171 cm³/mol. The Morgan fingerprint density at radius 3 is 2.28 bits per heavy atom. The topological polar surface area (TPSA) is 141 Å². The number of benzene rings is 3. The number of aliphatic carboxylic acids is 1. The van der Waals surface area contributed by atoms with Crippen molar-refractivity contribution < 1.29 is 34.1 Å². The molecule has 0 aromatic heterocycles. The molecule has 1 spiro atoms. The first-order valence-electron chi connectivity index (χ1n) is 15.8. The van der Waals surface area contributed by atoms with Gasteiger partial charge in [0.2, 0.25) is 11.8 Å². The number of carboxylic acids is 1. The molecule has 4 N–H and O–H groups in total. The summed E-state index contributed by atoms with van der Waals surface area (Å²) in [7, 11) is 0. The third-order valence-corrected chi connectivity index (χ3v) is 9.20. The Balaban J connectivity index is 1.14. The molecule has 3 aromatic carbocycles. The predicted octanol–water partition coefficient (Wildman–Crippen LogP) is 3.96. The summed E-state index contributed by atoms with van der Waals surface area (Å²) in [5.41, 5.74) is 3.67. The lowest BCUT2D eigenvalue weighted by Gasteiger charge is -2.45. The minimum atomic E-state index is -1.02. The third-order valence-electron chi connectivity index (χ3n) is 9.20. The van der Waals surface area contributed by atoms with Crippen molar-refractivity contribution in [2.24, 2.45) is 0 Å². The van der Waals surface area contributed by atoms with Crippen LogP contribution in [0.25, 0.3) is 0 Å². The van der Waals surface area contributed by atoms with Crippen LogP contribution in [0, 0.1) is 0 Å². The van der Waals surface area contributed by atoms with Crippen molar-refractivity contribution in [3.8, 4) is 0 Å². The molecule has 0 unspecified atom stereocenters. The maximum Gasteiger partial charge on any atom is 0.303 e. The Labute approximate surface area is 268 Å². The summed E-state index contributed by atoms with van der Waals surface area (Å²) in [5, 5.41) is 24.2. The molecule has 0 bridgehead atoms. The number of nitrogens with one attached hydrogen (secondary N) is 2. The molecule has 11 nitrogen and oxygen atoms in total. The molecule has 0 saturated carbocycles. The zero-order valence-electron chi connectivity index (χ0n) is 25.6. The number of anilines is 2. The van der Waals surface area contributed by atoms with Gasteiger partial charge in [0.15, 0.2) is 6.29 Å². The van der Waals surface area contributed by atoms with Crippen molar-refractivity contribution in [3.05, 3.63) is 95.6 Å². The standard InChI is InChI=1S/C35H40N4O7/c40-22-24-6-8-25(9-7-24)30-20-29(45-33(46-30)26-10-12-27(13-11-26)37-31(41)14-15-32(42)43)21-38-18-16-35(17-19-38)34(44)36-23-39(35)28-4-2-1-3-5-28/h1-13,29-30,33,40H,14-23H2,(H,36,44)(H,37,41)(H,42,43)/t29-,30+,33+/m1/s1. The number of carboxylic acid groups (broad SMARTS) is 1. The highest BCUT2D eigenvalue weighted by atomic mass is 16.7. The molecule has 3 aliphatic rings. The van der Waals surface area contributed by atoms with Crippen LogP contribution in [0.1, 0.15) is 61.2 Å². The number of rotatable bonds is 10. The van der Waals surface area contributed by atoms with Crippen LogP contribution in [0.5, 0.6) is 0 Å². The van der Waals surface area contributed by atoms with Crippen LogP contribution in [0.15, 0.2) is 78.9 Å². The van der Waals surface area contributed by atoms with Crippen molar-refractivity contribution in [1.29, 1.82) is 0 Å². The van der Waals surface area contributed by atoms with E-state index in [1.807, 2.05) is 54.6 Å². The molecule has 3 fully saturated rings. The molecule has 3 atom stereocenters. The quantitative estimate of drug-likeness (QED) is 0.263. The summed E-state index contributed by atoms with van der Waals surface area (Å²) in [6.45, 7) is 2.68. The summed E-state index contributed by atoms with van der Waals surface area (Å²) in [5.74, 6) is -1.29. The van der Waals surface area contributed by atoms with Gasteiger partial charge in [-0.3, -0.25) is 14.4 Å². The first-order valence-corrected chi connectivity index (χ1v) is 15.8. The van der Waals surface area contributed by atoms with Gasteiger partial charge in [-0.15, -0.1) is 0 Å². The van der Waals surface area contributed by atoms with Gasteiger partial charge in [-0.1, -0.05) is 54.6 Å². The molecular formula is C35H40N4O7. The van der Waals surface area contributed by atoms with E-state index in [0.717, 1.165) is 35.5 Å². The van der Waals surface area contributed by atoms with Crippen LogP contribution in [0.3, 0.4) is 0 Å². The fourth-order valence-corrected chi connectivity index (χ4v) is 6.63. The lowest BCUT2D eigenvalue weighted by Crippen LogP contribution is -2.57. The second-order valence-electron chi connectivity index (χ2n) is 12.2. The fraction of sp³-hybridized carbons (Fsp3) is 0.400. The molecule has 3 saturated heterocycles. The van der Waals surface area contributed by atoms with Gasteiger partial charge in [-0.25, -0.2) is 0 Å². The molecule has 2 amide bonds. The maximum atomic E-state index is 13.1. The number of hydrogen-bond acceptors (Lipinski definition) is 8. The fourth-order valence-electron chi connectivity index (χ4n) is 6.63. The van der Waals surface area contributed by atoms with Crippen molar-refractivity contribution in [3.63, 3.8) is 0 Å². The first-order chi connectivity index (χ1) is 22.3. The molecule has 3 aromatic rings. The molecule has 11 heteroatoms. The molecule has 46 heavy (non-hydrogen) atoms. The number of piperidine rings is 1. The van der Waals surface area contributed by atoms with Gasteiger partial charge in [0.05, 0.1) is 31.9 Å². The van der Waals surface area contributed by atoms with Crippen LogP contribution in [-0.4, -0.2) is 70.8 Å². The van der Waals surface area contributed by atoms with E-state index < -0.39 is 17.8 Å². The van der Waals surface area contributed by atoms with E-state index in [2.05, 4.69) is 32.6 Å². The highest BCUT2D eigenvalue weighted by molar-refractivity contribution is 5.93. The molecule has 0 aliphatic carbocycles. The van der Waals surface area contributed by atoms with Crippen molar-refractivity contribution in [1.82, 2.24) is 10.2 Å². The number of carbonyl (C=O) groups is 3.